The SMILES string of the molecule is CC1CC(=O)C2=C(C1)OC(O)CC2. The van der Waals surface area contributed by atoms with E-state index >= 15 is 0 Å². The van der Waals surface area contributed by atoms with E-state index in [0.717, 1.165) is 17.8 Å². The third-order valence-corrected chi connectivity index (χ3v) is 2.66. The van der Waals surface area contributed by atoms with E-state index in [1.54, 1.807) is 0 Å². The molecule has 0 fully saturated rings. The van der Waals surface area contributed by atoms with Gasteiger partial charge in [0.15, 0.2) is 12.1 Å². The first-order chi connectivity index (χ1) is 6.16. The lowest BCUT2D eigenvalue weighted by molar-refractivity contribution is -0.122. The zero-order valence-electron chi connectivity index (χ0n) is 7.75. The average molecular weight is 182 g/mol. The maximum absolute atomic E-state index is 11.5. The van der Waals surface area contributed by atoms with Crippen molar-refractivity contribution in [3.05, 3.63) is 11.3 Å². The standard InChI is InChI=1S/C10H14O3/c1-6-4-8(11)7-2-3-10(12)13-9(7)5-6/h6,10,12H,2-5H2,1H3. The van der Waals surface area contributed by atoms with Crippen molar-refractivity contribution in [3.8, 4) is 0 Å². The third kappa shape index (κ3) is 1.61. The van der Waals surface area contributed by atoms with E-state index in [1.807, 2.05) is 6.92 Å². The molecule has 2 aliphatic rings. The van der Waals surface area contributed by atoms with Crippen molar-refractivity contribution >= 4 is 5.78 Å². The lowest BCUT2D eigenvalue weighted by Gasteiger charge is -2.30. The second kappa shape index (κ2) is 3.14. The van der Waals surface area contributed by atoms with Crippen LogP contribution in [-0.4, -0.2) is 17.2 Å². The predicted molar refractivity (Wildman–Crippen MR) is 46.8 cm³/mol. The number of hydrogen-bond donors (Lipinski definition) is 1. The molecule has 1 N–H and O–H groups in total. The number of carbonyl (C=O) groups is 1. The molecule has 3 nitrogen and oxygen atoms in total. The molecule has 0 aromatic heterocycles. The highest BCUT2D eigenvalue weighted by Gasteiger charge is 2.30. The van der Waals surface area contributed by atoms with E-state index in [-0.39, 0.29) is 5.78 Å². The van der Waals surface area contributed by atoms with Crippen molar-refractivity contribution in [2.75, 3.05) is 0 Å². The molecule has 2 rings (SSSR count). The number of allylic oxidation sites excluding steroid dienone is 2. The number of ether oxygens (including phenoxy) is 1. The number of ketones is 1. The van der Waals surface area contributed by atoms with Crippen LogP contribution in [0, 0.1) is 5.92 Å². The fourth-order valence-electron chi connectivity index (χ4n) is 2.00. The lowest BCUT2D eigenvalue weighted by Crippen LogP contribution is -2.27. The van der Waals surface area contributed by atoms with Crippen molar-refractivity contribution in [2.24, 2.45) is 5.92 Å². The maximum Gasteiger partial charge on any atom is 0.197 e. The molecule has 2 atom stereocenters. The second-order valence-electron chi connectivity index (χ2n) is 3.95. The van der Waals surface area contributed by atoms with Crippen LogP contribution in [0.5, 0.6) is 0 Å². The molecule has 0 saturated carbocycles. The van der Waals surface area contributed by atoms with E-state index < -0.39 is 6.29 Å². The normalized spacial score (nSPS) is 34.2. The predicted octanol–water partition coefficient (Wildman–Crippen LogP) is 1.37. The summed E-state index contributed by atoms with van der Waals surface area (Å²) in [5.74, 6) is 1.31. The van der Waals surface area contributed by atoms with E-state index in [0.29, 0.717) is 25.2 Å². The summed E-state index contributed by atoms with van der Waals surface area (Å²) in [7, 11) is 0. The fourth-order valence-corrected chi connectivity index (χ4v) is 2.00. The third-order valence-electron chi connectivity index (χ3n) is 2.66. The van der Waals surface area contributed by atoms with Crippen LogP contribution in [0.3, 0.4) is 0 Å². The number of rotatable bonds is 0. The van der Waals surface area contributed by atoms with E-state index in [2.05, 4.69) is 0 Å². The number of aliphatic hydroxyl groups excluding tert-OH is 1. The highest BCUT2D eigenvalue weighted by atomic mass is 16.6. The number of hydrogen-bond acceptors (Lipinski definition) is 3. The second-order valence-corrected chi connectivity index (χ2v) is 3.95. The van der Waals surface area contributed by atoms with Gasteiger partial charge in [-0.25, -0.2) is 0 Å². The zero-order chi connectivity index (χ0) is 9.42. The summed E-state index contributed by atoms with van der Waals surface area (Å²) in [6, 6.07) is 0. The van der Waals surface area contributed by atoms with Crippen LogP contribution in [0.25, 0.3) is 0 Å². The first-order valence-electron chi connectivity index (χ1n) is 4.76. The molecule has 0 amide bonds. The van der Waals surface area contributed by atoms with Gasteiger partial charge in [-0.1, -0.05) is 6.92 Å². The first kappa shape index (κ1) is 8.75. The van der Waals surface area contributed by atoms with Crippen LogP contribution >= 0.6 is 0 Å². The highest BCUT2D eigenvalue weighted by Crippen LogP contribution is 2.34. The minimum absolute atomic E-state index is 0.209. The van der Waals surface area contributed by atoms with Crippen molar-refractivity contribution in [2.45, 2.75) is 38.9 Å². The van der Waals surface area contributed by atoms with Gasteiger partial charge in [-0.15, -0.1) is 0 Å². The quantitative estimate of drug-likeness (QED) is 0.615. The smallest absolute Gasteiger partial charge is 0.197 e. The van der Waals surface area contributed by atoms with Crippen molar-refractivity contribution in [1.29, 1.82) is 0 Å². The Balaban J connectivity index is 2.24. The molecule has 0 radical (unpaired) electrons. The van der Waals surface area contributed by atoms with Gasteiger partial charge >= 0.3 is 0 Å². The molecule has 1 heterocycles. The van der Waals surface area contributed by atoms with Gasteiger partial charge in [0.2, 0.25) is 0 Å². The Morgan fingerprint density at radius 3 is 3.00 bits per heavy atom. The van der Waals surface area contributed by atoms with Gasteiger partial charge in [-0.3, -0.25) is 4.79 Å². The molecule has 1 aliphatic heterocycles. The van der Waals surface area contributed by atoms with Gasteiger partial charge in [0.25, 0.3) is 0 Å². The Hall–Kier alpha value is -0.830. The highest BCUT2D eigenvalue weighted by molar-refractivity contribution is 5.96. The molecule has 0 saturated heterocycles. The minimum Gasteiger partial charge on any atom is -0.469 e. The monoisotopic (exact) mass is 182 g/mol. The Labute approximate surface area is 77.4 Å². The van der Waals surface area contributed by atoms with Crippen LogP contribution < -0.4 is 0 Å². The van der Waals surface area contributed by atoms with Gasteiger partial charge in [0.05, 0.1) is 0 Å². The molecule has 0 aromatic rings. The summed E-state index contributed by atoms with van der Waals surface area (Å²) in [5.41, 5.74) is 0.823. The van der Waals surface area contributed by atoms with Gasteiger partial charge in [-0.05, 0) is 12.3 Å². The Morgan fingerprint density at radius 2 is 2.23 bits per heavy atom. The molecule has 1 aliphatic carbocycles. The summed E-state index contributed by atoms with van der Waals surface area (Å²) in [6.07, 6.45) is 1.98. The average Bonchev–Trinajstić information content (AvgIpc) is 2.02. The minimum atomic E-state index is -0.697. The van der Waals surface area contributed by atoms with Crippen molar-refractivity contribution in [1.82, 2.24) is 0 Å². The molecule has 3 heteroatoms. The van der Waals surface area contributed by atoms with Crippen molar-refractivity contribution in [3.63, 3.8) is 0 Å². The first-order valence-corrected chi connectivity index (χ1v) is 4.76. The number of Topliss-reactive ketones (excluding diaryl/α,β-unsaturated/α-hetero) is 1. The largest absolute Gasteiger partial charge is 0.469 e. The Morgan fingerprint density at radius 1 is 1.46 bits per heavy atom. The van der Waals surface area contributed by atoms with Gasteiger partial charge in [-0.2, -0.15) is 0 Å². The summed E-state index contributed by atoms with van der Waals surface area (Å²) in [5, 5.41) is 9.25. The molecule has 13 heavy (non-hydrogen) atoms. The molecule has 72 valence electrons. The molecular weight excluding hydrogens is 168 g/mol. The van der Waals surface area contributed by atoms with Crippen LogP contribution in [0.4, 0.5) is 0 Å². The summed E-state index contributed by atoms with van der Waals surface area (Å²) in [4.78, 5) is 11.5. The Kier molecular flexibility index (Phi) is 2.12. The molecule has 2 unspecified atom stereocenters. The van der Waals surface area contributed by atoms with Gasteiger partial charge in [0, 0.05) is 24.8 Å². The van der Waals surface area contributed by atoms with E-state index in [9.17, 15) is 9.90 Å². The van der Waals surface area contributed by atoms with Gasteiger partial charge in [0.1, 0.15) is 5.76 Å². The van der Waals surface area contributed by atoms with Crippen LogP contribution in [0.1, 0.15) is 32.6 Å². The van der Waals surface area contributed by atoms with E-state index in [1.165, 1.54) is 0 Å². The van der Waals surface area contributed by atoms with Crippen LogP contribution in [-0.2, 0) is 9.53 Å². The van der Waals surface area contributed by atoms with Crippen molar-refractivity contribution < 1.29 is 14.6 Å². The zero-order valence-corrected chi connectivity index (χ0v) is 7.75. The molecule has 0 bridgehead atoms. The lowest BCUT2D eigenvalue weighted by atomic mass is 9.85. The van der Waals surface area contributed by atoms with Gasteiger partial charge < -0.3 is 9.84 Å². The maximum atomic E-state index is 11.5. The van der Waals surface area contributed by atoms with Crippen LogP contribution in [0.15, 0.2) is 11.3 Å². The molecule has 0 spiro atoms. The number of aliphatic hydroxyl groups is 1. The summed E-state index contributed by atoms with van der Waals surface area (Å²) < 4.78 is 5.25. The van der Waals surface area contributed by atoms with Crippen LogP contribution in [0.2, 0.25) is 0 Å². The Bertz CT molecular complexity index is 263. The number of carbonyl (C=O) groups excluding carboxylic acids is 1. The molecular formula is C10H14O3. The van der Waals surface area contributed by atoms with E-state index in [4.69, 9.17) is 4.74 Å². The molecule has 0 aromatic carbocycles. The summed E-state index contributed by atoms with van der Waals surface area (Å²) in [6.45, 7) is 2.03. The topological polar surface area (TPSA) is 46.5 Å². The fraction of sp³-hybridized carbons (Fsp3) is 0.700. The summed E-state index contributed by atoms with van der Waals surface area (Å²) >= 11 is 0.